The number of amides is 1. The number of rotatable bonds is 6. The number of carboxylic acids is 1. The van der Waals surface area contributed by atoms with Crippen molar-refractivity contribution in [3.05, 3.63) is 0 Å². The lowest BCUT2D eigenvalue weighted by atomic mass is 10.1. The number of hydrogen-bond donors (Lipinski definition) is 2. The van der Waals surface area contributed by atoms with Crippen molar-refractivity contribution in [2.24, 2.45) is 5.92 Å². The van der Waals surface area contributed by atoms with Gasteiger partial charge in [-0.1, -0.05) is 6.92 Å². The molecule has 0 saturated carbocycles. The zero-order valence-corrected chi connectivity index (χ0v) is 10.3. The summed E-state index contributed by atoms with van der Waals surface area (Å²) >= 11 is 0. The van der Waals surface area contributed by atoms with Crippen molar-refractivity contribution in [1.29, 1.82) is 0 Å². The summed E-state index contributed by atoms with van der Waals surface area (Å²) in [4.78, 5) is 24.3. The largest absolute Gasteiger partial charge is 0.481 e. The molecule has 6 nitrogen and oxygen atoms in total. The highest BCUT2D eigenvalue weighted by Crippen LogP contribution is 2.12. The number of carbonyl (C=O) groups excluding carboxylic acids is 1. The molecule has 0 aliphatic carbocycles. The molecule has 6 heteroatoms. The van der Waals surface area contributed by atoms with Crippen LogP contribution in [0.5, 0.6) is 0 Å². The summed E-state index contributed by atoms with van der Waals surface area (Å²) in [6.07, 6.45) is -0.147. The number of carbonyl (C=O) groups is 2. The lowest BCUT2D eigenvalue weighted by Gasteiger charge is -2.35. The van der Waals surface area contributed by atoms with Crippen molar-refractivity contribution in [3.8, 4) is 0 Å². The van der Waals surface area contributed by atoms with Gasteiger partial charge in [-0.25, -0.2) is 0 Å². The van der Waals surface area contributed by atoms with Crippen LogP contribution in [0.2, 0.25) is 0 Å². The van der Waals surface area contributed by atoms with Gasteiger partial charge < -0.3 is 15.2 Å². The fourth-order valence-corrected chi connectivity index (χ4v) is 2.11. The van der Waals surface area contributed by atoms with Crippen molar-refractivity contribution in [2.45, 2.75) is 19.4 Å². The Hall–Kier alpha value is -1.14. The Morgan fingerprint density at radius 2 is 2.41 bits per heavy atom. The summed E-state index contributed by atoms with van der Waals surface area (Å²) in [5.41, 5.74) is 0. The maximum Gasteiger partial charge on any atom is 0.305 e. The second kappa shape index (κ2) is 6.56. The molecule has 2 unspecified atom stereocenters. The van der Waals surface area contributed by atoms with E-state index in [9.17, 15) is 9.59 Å². The van der Waals surface area contributed by atoms with Gasteiger partial charge in [0.1, 0.15) is 0 Å². The molecular formula is C11H20N2O4. The molecule has 0 spiro atoms. The summed E-state index contributed by atoms with van der Waals surface area (Å²) in [7, 11) is 1.63. The average molecular weight is 244 g/mol. The third-order valence-corrected chi connectivity index (χ3v) is 2.81. The molecule has 0 aromatic carbocycles. The molecule has 0 bridgehead atoms. The Morgan fingerprint density at radius 3 is 3.00 bits per heavy atom. The summed E-state index contributed by atoms with van der Waals surface area (Å²) < 4.78 is 5.04. The fraction of sp³-hybridized carbons (Fsp3) is 0.818. The van der Waals surface area contributed by atoms with Crippen LogP contribution in [0.1, 0.15) is 13.3 Å². The first kappa shape index (κ1) is 13.9. The molecule has 1 saturated heterocycles. The predicted molar refractivity (Wildman–Crippen MR) is 61.7 cm³/mol. The van der Waals surface area contributed by atoms with E-state index in [2.05, 4.69) is 5.32 Å². The van der Waals surface area contributed by atoms with E-state index in [1.807, 2.05) is 11.8 Å². The van der Waals surface area contributed by atoms with Gasteiger partial charge in [0.05, 0.1) is 12.5 Å². The quantitative estimate of drug-likeness (QED) is 0.661. The molecule has 0 aromatic rings. The van der Waals surface area contributed by atoms with E-state index in [0.717, 1.165) is 0 Å². The van der Waals surface area contributed by atoms with Crippen LogP contribution in [-0.2, 0) is 14.3 Å². The predicted octanol–water partition coefficient (Wildman–Crippen LogP) is -0.456. The first-order chi connectivity index (χ1) is 8.04. The van der Waals surface area contributed by atoms with Gasteiger partial charge in [0.15, 0.2) is 0 Å². The molecule has 1 fully saturated rings. The SMILES string of the molecule is COCC(C)CN1CCNC(=O)C1CC(=O)O. The minimum atomic E-state index is -0.948. The number of aliphatic carboxylic acids is 1. The zero-order valence-electron chi connectivity index (χ0n) is 10.3. The van der Waals surface area contributed by atoms with E-state index in [0.29, 0.717) is 26.2 Å². The number of nitrogens with zero attached hydrogens (tertiary/aromatic N) is 1. The fourth-order valence-electron chi connectivity index (χ4n) is 2.11. The number of methoxy groups -OCH3 is 1. The van der Waals surface area contributed by atoms with Crippen molar-refractivity contribution < 1.29 is 19.4 Å². The lowest BCUT2D eigenvalue weighted by Crippen LogP contribution is -2.56. The molecule has 1 amide bonds. The maximum atomic E-state index is 11.6. The Kier molecular flexibility index (Phi) is 5.37. The van der Waals surface area contributed by atoms with Gasteiger partial charge in [-0.05, 0) is 5.92 Å². The van der Waals surface area contributed by atoms with Crippen molar-refractivity contribution >= 4 is 11.9 Å². The van der Waals surface area contributed by atoms with Gasteiger partial charge in [0.2, 0.25) is 5.91 Å². The van der Waals surface area contributed by atoms with E-state index >= 15 is 0 Å². The Balaban J connectivity index is 2.58. The average Bonchev–Trinajstić information content (AvgIpc) is 2.23. The molecule has 2 atom stereocenters. The van der Waals surface area contributed by atoms with E-state index in [4.69, 9.17) is 9.84 Å². The Bertz CT molecular complexity index is 283. The molecule has 1 rings (SSSR count). The van der Waals surface area contributed by atoms with Crippen LogP contribution in [0, 0.1) is 5.92 Å². The van der Waals surface area contributed by atoms with Crippen LogP contribution in [-0.4, -0.2) is 61.3 Å². The van der Waals surface area contributed by atoms with Gasteiger partial charge in [-0.3, -0.25) is 14.5 Å². The second-order valence-corrected chi connectivity index (χ2v) is 4.46. The summed E-state index contributed by atoms with van der Waals surface area (Å²) in [5.74, 6) is -0.859. The van der Waals surface area contributed by atoms with E-state index in [-0.39, 0.29) is 18.2 Å². The number of nitrogens with one attached hydrogen (secondary N) is 1. The molecule has 0 radical (unpaired) electrons. The zero-order chi connectivity index (χ0) is 12.8. The van der Waals surface area contributed by atoms with Crippen molar-refractivity contribution in [1.82, 2.24) is 10.2 Å². The molecule has 98 valence electrons. The molecule has 0 aromatic heterocycles. The van der Waals surface area contributed by atoms with E-state index in [1.165, 1.54) is 0 Å². The standard InChI is InChI=1S/C11H20N2O4/c1-8(7-17-2)6-13-4-3-12-11(16)9(13)5-10(14)15/h8-9H,3-7H2,1-2H3,(H,12,16)(H,14,15). The molecule has 1 heterocycles. The first-order valence-corrected chi connectivity index (χ1v) is 5.77. The van der Waals surface area contributed by atoms with Crippen LogP contribution in [0.4, 0.5) is 0 Å². The molecule has 2 N–H and O–H groups in total. The van der Waals surface area contributed by atoms with Gasteiger partial charge in [0, 0.05) is 33.4 Å². The van der Waals surface area contributed by atoms with Crippen LogP contribution in [0.3, 0.4) is 0 Å². The number of piperazine rings is 1. The van der Waals surface area contributed by atoms with Crippen LogP contribution < -0.4 is 5.32 Å². The van der Waals surface area contributed by atoms with E-state index in [1.54, 1.807) is 7.11 Å². The highest BCUT2D eigenvalue weighted by Gasteiger charge is 2.32. The van der Waals surface area contributed by atoms with Gasteiger partial charge in [-0.15, -0.1) is 0 Å². The van der Waals surface area contributed by atoms with Crippen molar-refractivity contribution in [2.75, 3.05) is 33.4 Å². The smallest absolute Gasteiger partial charge is 0.305 e. The second-order valence-electron chi connectivity index (χ2n) is 4.46. The minimum absolute atomic E-state index is 0.147. The van der Waals surface area contributed by atoms with Crippen molar-refractivity contribution in [3.63, 3.8) is 0 Å². The third-order valence-electron chi connectivity index (χ3n) is 2.81. The first-order valence-electron chi connectivity index (χ1n) is 5.77. The van der Waals surface area contributed by atoms with E-state index < -0.39 is 12.0 Å². The molecule has 1 aliphatic heterocycles. The van der Waals surface area contributed by atoms with Crippen LogP contribution >= 0.6 is 0 Å². The highest BCUT2D eigenvalue weighted by molar-refractivity contribution is 5.86. The third kappa shape index (κ3) is 4.32. The summed E-state index contributed by atoms with van der Waals surface area (Å²) in [6, 6.07) is -0.555. The highest BCUT2D eigenvalue weighted by atomic mass is 16.5. The Morgan fingerprint density at radius 1 is 1.71 bits per heavy atom. The van der Waals surface area contributed by atoms with Gasteiger partial charge in [-0.2, -0.15) is 0 Å². The minimum Gasteiger partial charge on any atom is -0.481 e. The van der Waals surface area contributed by atoms with Crippen LogP contribution in [0.25, 0.3) is 0 Å². The molecule has 17 heavy (non-hydrogen) atoms. The van der Waals surface area contributed by atoms with Gasteiger partial charge >= 0.3 is 5.97 Å². The topological polar surface area (TPSA) is 78.9 Å². The normalized spacial score (nSPS) is 23.2. The summed E-state index contributed by atoms with van der Waals surface area (Å²) in [6.45, 7) is 4.58. The Labute approximate surface area is 101 Å². The maximum absolute atomic E-state index is 11.6. The summed E-state index contributed by atoms with van der Waals surface area (Å²) in [5, 5.41) is 11.5. The van der Waals surface area contributed by atoms with Gasteiger partial charge in [0.25, 0.3) is 0 Å². The molecular weight excluding hydrogens is 224 g/mol. The monoisotopic (exact) mass is 244 g/mol. The number of carboxylic acid groups (broad SMARTS) is 1. The van der Waals surface area contributed by atoms with Crippen LogP contribution in [0.15, 0.2) is 0 Å². The number of hydrogen-bond acceptors (Lipinski definition) is 4. The lowest BCUT2D eigenvalue weighted by molar-refractivity contribution is -0.143. The number of ether oxygens (including phenoxy) is 1. The molecule has 1 aliphatic rings.